The first-order valence-electron chi connectivity index (χ1n) is 9.42. The van der Waals surface area contributed by atoms with Crippen molar-refractivity contribution in [2.24, 2.45) is 5.92 Å². The van der Waals surface area contributed by atoms with Gasteiger partial charge in [-0.05, 0) is 24.0 Å². The summed E-state index contributed by atoms with van der Waals surface area (Å²) >= 11 is 0. The van der Waals surface area contributed by atoms with Crippen molar-refractivity contribution >= 4 is 19.3 Å². The van der Waals surface area contributed by atoms with Crippen LogP contribution in [0.3, 0.4) is 0 Å². The molecule has 2 heterocycles. The first kappa shape index (κ1) is 22.5. The molecule has 8 nitrogen and oxygen atoms in total. The van der Waals surface area contributed by atoms with Gasteiger partial charge in [-0.3, -0.25) is 9.36 Å². The van der Waals surface area contributed by atoms with Gasteiger partial charge >= 0.3 is 13.8 Å². The molecule has 1 atom stereocenters. The summed E-state index contributed by atoms with van der Waals surface area (Å²) in [5.41, 5.74) is -0.764. The molecule has 0 aromatic carbocycles. The Hall–Kier alpha value is -2.23. The second kappa shape index (κ2) is 8.87. The molecule has 164 valence electrons. The molecule has 1 amide bonds. The third kappa shape index (κ3) is 6.13. The van der Waals surface area contributed by atoms with Gasteiger partial charge in [0.25, 0.3) is 0 Å². The lowest BCUT2D eigenvalue weighted by Gasteiger charge is -2.21. The van der Waals surface area contributed by atoms with E-state index in [9.17, 15) is 22.5 Å². The molecule has 12 heteroatoms. The Morgan fingerprint density at radius 2 is 1.97 bits per heavy atom. The minimum Gasteiger partial charge on any atom is -0.324 e. The molecule has 30 heavy (non-hydrogen) atoms. The van der Waals surface area contributed by atoms with Crippen molar-refractivity contribution < 1.29 is 32.3 Å². The summed E-state index contributed by atoms with van der Waals surface area (Å²) in [5.74, 6) is -0.151. The maximum absolute atomic E-state index is 12.9. The van der Waals surface area contributed by atoms with Crippen molar-refractivity contribution in [2.75, 3.05) is 5.32 Å². The van der Waals surface area contributed by atoms with Gasteiger partial charge in [-0.2, -0.15) is 13.2 Å². The SMILES string of the molecule is O=C(Nc1ccc(CP(=O)(O)O)cn1)[C@H](CC1CCCC1)n1cnc(C(F)(F)F)c1. The van der Waals surface area contributed by atoms with Gasteiger partial charge < -0.3 is 19.7 Å². The number of carbonyl (C=O) groups excluding carboxylic acids is 1. The summed E-state index contributed by atoms with van der Waals surface area (Å²) in [6.07, 6.45) is 2.27. The minimum absolute atomic E-state index is 0.141. The van der Waals surface area contributed by atoms with Crippen LogP contribution < -0.4 is 5.32 Å². The Kier molecular flexibility index (Phi) is 6.64. The molecule has 1 fully saturated rings. The number of nitrogens with one attached hydrogen (secondary N) is 1. The molecule has 3 N–H and O–H groups in total. The molecular formula is C18H22F3N4O4P. The molecule has 1 aliphatic carbocycles. The van der Waals surface area contributed by atoms with Crippen LogP contribution in [-0.2, 0) is 21.7 Å². The molecule has 1 saturated carbocycles. The Morgan fingerprint density at radius 1 is 1.27 bits per heavy atom. The number of imidazole rings is 1. The number of nitrogens with zero attached hydrogens (tertiary/aromatic N) is 3. The maximum Gasteiger partial charge on any atom is 0.434 e. The average Bonchev–Trinajstić information content (AvgIpc) is 3.31. The predicted octanol–water partition coefficient (Wildman–Crippen LogP) is 3.73. The number of hydrogen-bond acceptors (Lipinski definition) is 4. The highest BCUT2D eigenvalue weighted by atomic mass is 31.2. The molecule has 2 aromatic rings. The maximum atomic E-state index is 12.9. The van der Waals surface area contributed by atoms with Crippen molar-refractivity contribution in [1.82, 2.24) is 14.5 Å². The van der Waals surface area contributed by atoms with Crippen LogP contribution in [0.2, 0.25) is 0 Å². The number of alkyl halides is 3. The summed E-state index contributed by atoms with van der Waals surface area (Å²) in [4.78, 5) is 38.2. The van der Waals surface area contributed by atoms with Crippen LogP contribution in [0.4, 0.5) is 19.0 Å². The fraction of sp³-hybridized carbons (Fsp3) is 0.500. The number of aromatic nitrogens is 3. The Morgan fingerprint density at radius 3 is 2.50 bits per heavy atom. The Labute approximate surface area is 170 Å². The lowest BCUT2D eigenvalue weighted by molar-refractivity contribution is -0.141. The van der Waals surface area contributed by atoms with Crippen LogP contribution >= 0.6 is 7.60 Å². The highest BCUT2D eigenvalue weighted by Gasteiger charge is 2.35. The van der Waals surface area contributed by atoms with E-state index in [1.54, 1.807) is 0 Å². The molecular weight excluding hydrogens is 424 g/mol. The zero-order chi connectivity index (χ0) is 21.9. The highest BCUT2D eigenvalue weighted by molar-refractivity contribution is 7.50. The summed E-state index contributed by atoms with van der Waals surface area (Å²) in [6, 6.07) is 1.94. The van der Waals surface area contributed by atoms with Gasteiger partial charge in [0.05, 0.1) is 12.5 Å². The van der Waals surface area contributed by atoms with Gasteiger partial charge in [-0.15, -0.1) is 0 Å². The molecule has 3 rings (SSSR count). The van der Waals surface area contributed by atoms with E-state index in [0.717, 1.165) is 38.2 Å². The number of rotatable bonds is 7. The normalized spacial score (nSPS) is 16.6. The number of halogens is 3. The first-order chi connectivity index (χ1) is 14.0. The zero-order valence-corrected chi connectivity index (χ0v) is 16.8. The predicted molar refractivity (Wildman–Crippen MR) is 101 cm³/mol. The minimum atomic E-state index is -4.60. The third-order valence-corrected chi connectivity index (χ3v) is 5.83. The number of anilines is 1. The van der Waals surface area contributed by atoms with Crippen LogP contribution in [0.1, 0.15) is 49.4 Å². The summed E-state index contributed by atoms with van der Waals surface area (Å²) < 4.78 is 51.0. The van der Waals surface area contributed by atoms with Crippen LogP contribution in [0.15, 0.2) is 30.9 Å². The van der Waals surface area contributed by atoms with Crippen LogP contribution in [-0.4, -0.2) is 30.2 Å². The van der Waals surface area contributed by atoms with E-state index in [1.807, 2.05) is 0 Å². The Bertz CT molecular complexity index is 920. The molecule has 2 aromatic heterocycles. The lowest BCUT2D eigenvalue weighted by Crippen LogP contribution is -2.27. The van der Waals surface area contributed by atoms with Gasteiger partial charge in [0, 0.05) is 12.4 Å². The van der Waals surface area contributed by atoms with Gasteiger partial charge in [0.15, 0.2) is 5.69 Å². The van der Waals surface area contributed by atoms with Gasteiger partial charge in [-0.1, -0.05) is 31.7 Å². The van der Waals surface area contributed by atoms with E-state index in [2.05, 4.69) is 15.3 Å². The van der Waals surface area contributed by atoms with E-state index in [0.29, 0.717) is 12.0 Å². The highest BCUT2D eigenvalue weighted by Crippen LogP contribution is 2.39. The van der Waals surface area contributed by atoms with Crippen LogP contribution in [0.25, 0.3) is 0 Å². The second-order valence-electron chi connectivity index (χ2n) is 7.47. The van der Waals surface area contributed by atoms with Gasteiger partial charge in [-0.25, -0.2) is 9.97 Å². The molecule has 0 spiro atoms. The molecule has 1 aliphatic rings. The van der Waals surface area contributed by atoms with Gasteiger partial charge in [0.2, 0.25) is 5.91 Å². The van der Waals surface area contributed by atoms with Crippen molar-refractivity contribution in [1.29, 1.82) is 0 Å². The fourth-order valence-corrected chi connectivity index (χ4v) is 4.28. The average molecular weight is 446 g/mol. The second-order valence-corrected chi connectivity index (χ2v) is 9.12. The van der Waals surface area contributed by atoms with Gasteiger partial charge in [0.1, 0.15) is 11.9 Å². The topological polar surface area (TPSA) is 117 Å². The van der Waals surface area contributed by atoms with E-state index >= 15 is 0 Å². The molecule has 0 saturated heterocycles. The van der Waals surface area contributed by atoms with E-state index in [4.69, 9.17) is 9.79 Å². The monoisotopic (exact) mass is 446 g/mol. The molecule has 0 aliphatic heterocycles. The fourth-order valence-electron chi connectivity index (χ4n) is 3.62. The molecule has 0 unspecified atom stereocenters. The third-order valence-electron chi connectivity index (χ3n) is 5.05. The summed E-state index contributed by atoms with van der Waals surface area (Å²) in [5, 5.41) is 2.58. The van der Waals surface area contributed by atoms with E-state index < -0.39 is 37.6 Å². The standard InChI is InChI=1S/C18H22F3N4O4P/c19-18(20,21)15-9-25(11-23-15)14(7-12-3-1-2-4-12)17(26)24-16-6-5-13(8-22-16)10-30(27,28)29/h5-6,8-9,11-12,14H,1-4,7,10H2,(H,22,24,26)(H2,27,28,29)/t14-/m0/s1. The van der Waals surface area contributed by atoms with E-state index in [1.165, 1.54) is 22.9 Å². The number of hydrogen-bond donors (Lipinski definition) is 3. The zero-order valence-electron chi connectivity index (χ0n) is 15.9. The van der Waals surface area contributed by atoms with Crippen molar-refractivity contribution in [3.05, 3.63) is 42.1 Å². The number of carbonyl (C=O) groups is 1. The molecule has 0 radical (unpaired) electrons. The van der Waals surface area contributed by atoms with Crippen LogP contribution in [0, 0.1) is 5.92 Å². The Balaban J connectivity index is 1.76. The van der Waals surface area contributed by atoms with Crippen molar-refractivity contribution in [3.63, 3.8) is 0 Å². The summed E-state index contributed by atoms with van der Waals surface area (Å²) in [6.45, 7) is 0. The molecule has 0 bridgehead atoms. The first-order valence-corrected chi connectivity index (χ1v) is 11.2. The van der Waals surface area contributed by atoms with Crippen LogP contribution in [0.5, 0.6) is 0 Å². The number of pyridine rings is 1. The largest absolute Gasteiger partial charge is 0.434 e. The quantitative estimate of drug-likeness (QED) is 0.558. The summed E-state index contributed by atoms with van der Waals surface area (Å²) in [7, 11) is -4.24. The van der Waals surface area contributed by atoms with Crippen molar-refractivity contribution in [3.8, 4) is 0 Å². The number of amides is 1. The van der Waals surface area contributed by atoms with E-state index in [-0.39, 0.29) is 11.7 Å². The smallest absolute Gasteiger partial charge is 0.324 e. The lowest BCUT2D eigenvalue weighted by atomic mass is 9.97. The van der Waals surface area contributed by atoms with Crippen molar-refractivity contribution in [2.45, 2.75) is 50.5 Å².